The highest BCUT2D eigenvalue weighted by atomic mass is 16.5. The molecule has 1 aromatic rings. The van der Waals surface area contributed by atoms with Gasteiger partial charge in [-0.15, -0.1) is 0 Å². The van der Waals surface area contributed by atoms with Crippen molar-refractivity contribution in [3.05, 3.63) is 17.8 Å². The minimum Gasteiger partial charge on any atom is -0.396 e. The molecule has 1 fully saturated rings. The first kappa shape index (κ1) is 10.2. The van der Waals surface area contributed by atoms with E-state index in [1.165, 1.54) is 0 Å². The molecule has 1 aliphatic rings. The number of aryl methyl sites for hydroxylation is 1. The summed E-state index contributed by atoms with van der Waals surface area (Å²) in [7, 11) is 2.03. The lowest BCUT2D eigenvalue weighted by atomic mass is 10.2. The van der Waals surface area contributed by atoms with Crippen LogP contribution in [0.5, 0.6) is 0 Å². The monoisotopic (exact) mass is 207 g/mol. The van der Waals surface area contributed by atoms with Crippen LogP contribution in [0, 0.1) is 6.92 Å². The van der Waals surface area contributed by atoms with Gasteiger partial charge in [-0.3, -0.25) is 0 Å². The van der Waals surface area contributed by atoms with Crippen LogP contribution in [0.25, 0.3) is 0 Å². The van der Waals surface area contributed by atoms with E-state index < -0.39 is 0 Å². The fourth-order valence-electron chi connectivity index (χ4n) is 1.84. The predicted molar refractivity (Wildman–Crippen MR) is 61.0 cm³/mol. The van der Waals surface area contributed by atoms with Crippen molar-refractivity contribution < 1.29 is 4.74 Å². The Morgan fingerprint density at radius 1 is 1.60 bits per heavy atom. The number of nitrogen functional groups attached to an aromatic ring is 1. The summed E-state index contributed by atoms with van der Waals surface area (Å²) < 4.78 is 5.36. The molecule has 1 saturated heterocycles. The zero-order valence-electron chi connectivity index (χ0n) is 9.23. The smallest absolute Gasteiger partial charge is 0.152 e. The third-order valence-corrected chi connectivity index (χ3v) is 2.97. The van der Waals surface area contributed by atoms with Crippen LogP contribution in [0.4, 0.5) is 11.5 Å². The van der Waals surface area contributed by atoms with Crippen LogP contribution in [0.1, 0.15) is 12.0 Å². The normalized spacial score (nSPS) is 20.5. The second-order valence-corrected chi connectivity index (χ2v) is 3.99. The maximum absolute atomic E-state index is 6.01. The van der Waals surface area contributed by atoms with Crippen molar-refractivity contribution in [2.24, 2.45) is 0 Å². The number of likely N-dealkylation sites (N-methyl/N-ethyl adjacent to an activating group) is 1. The maximum Gasteiger partial charge on any atom is 0.152 e. The Bertz CT molecular complexity index is 348. The summed E-state index contributed by atoms with van der Waals surface area (Å²) in [5.41, 5.74) is 7.85. The lowest BCUT2D eigenvalue weighted by Gasteiger charge is -2.25. The number of ether oxygens (including phenoxy) is 1. The van der Waals surface area contributed by atoms with Gasteiger partial charge in [0, 0.05) is 19.9 Å². The number of anilines is 2. The SMILES string of the molecule is Cc1ccnc(N(C)C2CCOC2)c1N. The van der Waals surface area contributed by atoms with Crippen molar-refractivity contribution in [3.8, 4) is 0 Å². The number of nitrogens with zero attached hydrogens (tertiary/aromatic N) is 2. The molecule has 0 saturated carbocycles. The van der Waals surface area contributed by atoms with Crippen LogP contribution in [-0.2, 0) is 4.74 Å². The van der Waals surface area contributed by atoms with E-state index in [9.17, 15) is 0 Å². The highest BCUT2D eigenvalue weighted by molar-refractivity contribution is 5.66. The molecule has 0 amide bonds. The third kappa shape index (κ3) is 1.90. The molecule has 82 valence electrons. The van der Waals surface area contributed by atoms with E-state index >= 15 is 0 Å². The molecule has 1 unspecified atom stereocenters. The molecular formula is C11H17N3O. The minimum atomic E-state index is 0.404. The molecule has 0 spiro atoms. The summed E-state index contributed by atoms with van der Waals surface area (Å²) in [4.78, 5) is 6.45. The van der Waals surface area contributed by atoms with Crippen molar-refractivity contribution in [2.45, 2.75) is 19.4 Å². The first-order valence-corrected chi connectivity index (χ1v) is 5.22. The molecule has 2 N–H and O–H groups in total. The van der Waals surface area contributed by atoms with Crippen LogP contribution >= 0.6 is 0 Å². The van der Waals surface area contributed by atoms with Crippen LogP contribution in [0.3, 0.4) is 0 Å². The van der Waals surface area contributed by atoms with E-state index in [0.717, 1.165) is 36.7 Å². The average Bonchev–Trinajstić information content (AvgIpc) is 2.74. The Morgan fingerprint density at radius 2 is 2.40 bits per heavy atom. The van der Waals surface area contributed by atoms with Crippen molar-refractivity contribution in [2.75, 3.05) is 30.9 Å². The highest BCUT2D eigenvalue weighted by Gasteiger charge is 2.22. The maximum atomic E-state index is 6.01. The minimum absolute atomic E-state index is 0.404. The quantitative estimate of drug-likeness (QED) is 0.791. The fourth-order valence-corrected chi connectivity index (χ4v) is 1.84. The summed E-state index contributed by atoms with van der Waals surface area (Å²) in [5.74, 6) is 0.866. The van der Waals surface area contributed by atoms with Gasteiger partial charge >= 0.3 is 0 Å². The van der Waals surface area contributed by atoms with Gasteiger partial charge in [-0.1, -0.05) is 0 Å². The molecule has 0 aromatic carbocycles. The van der Waals surface area contributed by atoms with E-state index in [2.05, 4.69) is 9.88 Å². The Labute approximate surface area is 90.0 Å². The van der Waals surface area contributed by atoms with Gasteiger partial charge in [0.05, 0.1) is 18.3 Å². The van der Waals surface area contributed by atoms with Gasteiger partial charge in [0.2, 0.25) is 0 Å². The van der Waals surface area contributed by atoms with E-state index in [1.54, 1.807) is 6.20 Å². The Kier molecular flexibility index (Phi) is 2.77. The van der Waals surface area contributed by atoms with E-state index in [-0.39, 0.29) is 0 Å². The fraction of sp³-hybridized carbons (Fsp3) is 0.545. The van der Waals surface area contributed by atoms with Gasteiger partial charge in [-0.05, 0) is 25.0 Å². The number of nitrogens with two attached hydrogens (primary N) is 1. The number of aromatic nitrogens is 1. The van der Waals surface area contributed by atoms with E-state index in [1.807, 2.05) is 20.0 Å². The lowest BCUT2D eigenvalue weighted by Crippen LogP contribution is -2.33. The zero-order valence-corrected chi connectivity index (χ0v) is 9.23. The lowest BCUT2D eigenvalue weighted by molar-refractivity contribution is 0.193. The van der Waals surface area contributed by atoms with Gasteiger partial charge in [-0.25, -0.2) is 4.98 Å². The molecule has 4 nitrogen and oxygen atoms in total. The van der Waals surface area contributed by atoms with Gasteiger partial charge in [0.15, 0.2) is 5.82 Å². The van der Waals surface area contributed by atoms with Gasteiger partial charge in [0.1, 0.15) is 0 Å². The molecule has 15 heavy (non-hydrogen) atoms. The predicted octanol–water partition coefficient (Wildman–Crippen LogP) is 1.20. The molecule has 4 heteroatoms. The number of hydrogen-bond acceptors (Lipinski definition) is 4. The van der Waals surface area contributed by atoms with Gasteiger partial charge in [-0.2, -0.15) is 0 Å². The molecule has 0 bridgehead atoms. The number of hydrogen-bond donors (Lipinski definition) is 1. The molecule has 1 aromatic heterocycles. The molecule has 1 atom stereocenters. The standard InChI is InChI=1S/C11H17N3O/c1-8-3-5-13-11(10(8)12)14(2)9-4-6-15-7-9/h3,5,9H,4,6-7,12H2,1-2H3. The molecule has 2 heterocycles. The van der Waals surface area contributed by atoms with E-state index in [4.69, 9.17) is 10.5 Å². The van der Waals surface area contributed by atoms with Crippen molar-refractivity contribution in [1.29, 1.82) is 0 Å². The molecule has 0 aliphatic carbocycles. The summed E-state index contributed by atoms with van der Waals surface area (Å²) >= 11 is 0. The van der Waals surface area contributed by atoms with Gasteiger partial charge in [0.25, 0.3) is 0 Å². The first-order chi connectivity index (χ1) is 7.20. The number of rotatable bonds is 2. The molecule has 0 radical (unpaired) electrons. The first-order valence-electron chi connectivity index (χ1n) is 5.22. The zero-order chi connectivity index (χ0) is 10.8. The largest absolute Gasteiger partial charge is 0.396 e. The highest BCUT2D eigenvalue weighted by Crippen LogP contribution is 2.25. The average molecular weight is 207 g/mol. The summed E-state index contributed by atoms with van der Waals surface area (Å²) in [6.45, 7) is 3.60. The molecular weight excluding hydrogens is 190 g/mol. The second kappa shape index (κ2) is 4.06. The Hall–Kier alpha value is -1.29. The van der Waals surface area contributed by atoms with Crippen LogP contribution in [-0.4, -0.2) is 31.3 Å². The molecule has 2 rings (SSSR count). The third-order valence-electron chi connectivity index (χ3n) is 2.97. The van der Waals surface area contributed by atoms with Crippen LogP contribution in [0.2, 0.25) is 0 Å². The van der Waals surface area contributed by atoms with Crippen LogP contribution in [0.15, 0.2) is 12.3 Å². The van der Waals surface area contributed by atoms with Crippen molar-refractivity contribution >= 4 is 11.5 Å². The molecule has 1 aliphatic heterocycles. The van der Waals surface area contributed by atoms with Crippen LogP contribution < -0.4 is 10.6 Å². The summed E-state index contributed by atoms with van der Waals surface area (Å²) in [6, 6.07) is 2.33. The Balaban J connectivity index is 2.24. The number of pyridine rings is 1. The van der Waals surface area contributed by atoms with Crippen molar-refractivity contribution in [1.82, 2.24) is 4.98 Å². The second-order valence-electron chi connectivity index (χ2n) is 3.99. The van der Waals surface area contributed by atoms with Crippen molar-refractivity contribution in [3.63, 3.8) is 0 Å². The summed E-state index contributed by atoms with van der Waals surface area (Å²) in [5, 5.41) is 0. The Morgan fingerprint density at radius 3 is 3.07 bits per heavy atom. The van der Waals surface area contributed by atoms with Gasteiger partial charge < -0.3 is 15.4 Å². The topological polar surface area (TPSA) is 51.4 Å². The summed E-state index contributed by atoms with van der Waals surface area (Å²) in [6.07, 6.45) is 2.85. The van der Waals surface area contributed by atoms with E-state index in [0.29, 0.717) is 6.04 Å².